The Kier molecular flexibility index (Phi) is 5.10. The van der Waals surface area contributed by atoms with Gasteiger partial charge in [-0.05, 0) is 37.1 Å². The molecule has 0 spiro atoms. The third kappa shape index (κ3) is 4.38. The summed E-state index contributed by atoms with van der Waals surface area (Å²) >= 11 is 0. The maximum absolute atomic E-state index is 13.1. The molecule has 0 saturated heterocycles. The molecule has 0 aliphatic heterocycles. The van der Waals surface area contributed by atoms with Crippen molar-refractivity contribution in [2.75, 3.05) is 13.7 Å². The monoisotopic (exact) mass is 287 g/mol. The average molecular weight is 287 g/mol. The van der Waals surface area contributed by atoms with E-state index in [1.807, 2.05) is 44.2 Å². The Balaban J connectivity index is 2.25. The number of hydrogen-bond acceptors (Lipinski definition) is 2. The minimum Gasteiger partial charge on any atom is -0.377 e. The quantitative estimate of drug-likeness (QED) is 0.869. The molecule has 2 rings (SSSR count). The summed E-state index contributed by atoms with van der Waals surface area (Å²) in [6.45, 7) is 4.76. The van der Waals surface area contributed by atoms with Crippen LogP contribution in [-0.4, -0.2) is 19.3 Å². The fraction of sp³-hybridized carbons (Fsp3) is 0.333. The summed E-state index contributed by atoms with van der Waals surface area (Å²) in [4.78, 5) is 0. The molecular formula is C18H22FNO. The Morgan fingerprint density at radius 1 is 1.00 bits per heavy atom. The van der Waals surface area contributed by atoms with Crippen molar-refractivity contribution in [2.24, 2.45) is 0 Å². The molecule has 1 N–H and O–H groups in total. The number of benzene rings is 2. The van der Waals surface area contributed by atoms with Gasteiger partial charge in [-0.1, -0.05) is 42.5 Å². The van der Waals surface area contributed by atoms with Gasteiger partial charge >= 0.3 is 0 Å². The first-order valence-electron chi connectivity index (χ1n) is 7.11. The zero-order chi connectivity index (χ0) is 15.3. The molecule has 2 aromatic carbocycles. The van der Waals surface area contributed by atoms with Gasteiger partial charge in [-0.15, -0.1) is 0 Å². The molecule has 0 bridgehead atoms. The van der Waals surface area contributed by atoms with Gasteiger partial charge in [-0.3, -0.25) is 0 Å². The van der Waals surface area contributed by atoms with E-state index >= 15 is 0 Å². The molecule has 0 aliphatic carbocycles. The highest BCUT2D eigenvalue weighted by Gasteiger charge is 2.20. The van der Waals surface area contributed by atoms with Crippen molar-refractivity contribution >= 4 is 0 Å². The molecule has 2 aromatic rings. The van der Waals surface area contributed by atoms with Gasteiger partial charge in [0.25, 0.3) is 0 Å². The Morgan fingerprint density at radius 3 is 2.14 bits per heavy atom. The predicted octanol–water partition coefficient (Wildman–Crippen LogP) is 3.93. The Bertz CT molecular complexity index is 551. The third-order valence-electron chi connectivity index (χ3n) is 3.62. The zero-order valence-corrected chi connectivity index (χ0v) is 12.8. The smallest absolute Gasteiger partial charge is 0.123 e. The predicted molar refractivity (Wildman–Crippen MR) is 83.8 cm³/mol. The second-order valence-electron chi connectivity index (χ2n) is 5.74. The number of halogens is 1. The van der Waals surface area contributed by atoms with Gasteiger partial charge < -0.3 is 10.1 Å². The van der Waals surface area contributed by atoms with Crippen LogP contribution in [0.3, 0.4) is 0 Å². The van der Waals surface area contributed by atoms with Crippen LogP contribution in [0.1, 0.15) is 31.0 Å². The van der Waals surface area contributed by atoms with Gasteiger partial charge in [0.15, 0.2) is 0 Å². The summed E-state index contributed by atoms with van der Waals surface area (Å²) in [6.07, 6.45) is 0. The summed E-state index contributed by atoms with van der Waals surface area (Å²) in [7, 11) is 1.71. The van der Waals surface area contributed by atoms with Crippen LogP contribution in [-0.2, 0) is 4.74 Å². The van der Waals surface area contributed by atoms with E-state index in [0.717, 1.165) is 11.1 Å². The first-order chi connectivity index (χ1) is 10.0. The van der Waals surface area contributed by atoms with Crippen molar-refractivity contribution in [3.05, 3.63) is 71.5 Å². The number of methoxy groups -OCH3 is 1. The lowest BCUT2D eigenvalue weighted by Crippen LogP contribution is -2.38. The summed E-state index contributed by atoms with van der Waals surface area (Å²) in [5, 5.41) is 3.52. The van der Waals surface area contributed by atoms with Gasteiger partial charge in [0.1, 0.15) is 5.82 Å². The van der Waals surface area contributed by atoms with Gasteiger partial charge in [0.2, 0.25) is 0 Å². The van der Waals surface area contributed by atoms with Gasteiger partial charge in [0, 0.05) is 13.7 Å². The van der Waals surface area contributed by atoms with Crippen LogP contribution in [0.4, 0.5) is 4.39 Å². The topological polar surface area (TPSA) is 21.3 Å². The fourth-order valence-corrected chi connectivity index (χ4v) is 2.15. The lowest BCUT2D eigenvalue weighted by Gasteiger charge is -2.28. The van der Waals surface area contributed by atoms with E-state index in [-0.39, 0.29) is 17.5 Å². The summed E-state index contributed by atoms with van der Waals surface area (Å²) < 4.78 is 18.6. The van der Waals surface area contributed by atoms with E-state index < -0.39 is 0 Å². The maximum Gasteiger partial charge on any atom is 0.123 e. The van der Waals surface area contributed by atoms with E-state index in [1.165, 1.54) is 12.1 Å². The highest BCUT2D eigenvalue weighted by Crippen LogP contribution is 2.23. The fourth-order valence-electron chi connectivity index (χ4n) is 2.15. The van der Waals surface area contributed by atoms with E-state index in [9.17, 15) is 4.39 Å². The van der Waals surface area contributed by atoms with E-state index in [2.05, 4.69) is 17.4 Å². The van der Waals surface area contributed by atoms with Gasteiger partial charge in [0.05, 0.1) is 11.6 Å². The van der Waals surface area contributed by atoms with Crippen LogP contribution < -0.4 is 5.32 Å². The molecule has 0 fully saturated rings. The molecule has 0 aromatic heterocycles. The van der Waals surface area contributed by atoms with Crippen LogP contribution in [0.25, 0.3) is 0 Å². The van der Waals surface area contributed by atoms with Gasteiger partial charge in [-0.25, -0.2) is 4.39 Å². The Morgan fingerprint density at radius 2 is 1.57 bits per heavy atom. The molecule has 2 nitrogen and oxygen atoms in total. The van der Waals surface area contributed by atoms with Crippen molar-refractivity contribution in [1.82, 2.24) is 5.32 Å². The standard InChI is InChI=1S/C18H22FNO/c1-18(2,21-3)13-20-17(14-7-5-4-6-8-14)15-9-11-16(19)12-10-15/h4-12,17,20H,13H2,1-3H3. The van der Waals surface area contributed by atoms with Crippen LogP contribution in [0.15, 0.2) is 54.6 Å². The molecule has 3 heteroatoms. The minimum atomic E-state index is -0.257. The van der Waals surface area contributed by atoms with E-state index in [4.69, 9.17) is 4.74 Å². The largest absolute Gasteiger partial charge is 0.377 e. The minimum absolute atomic E-state index is 0.0150. The van der Waals surface area contributed by atoms with E-state index in [1.54, 1.807) is 7.11 Å². The second kappa shape index (κ2) is 6.83. The van der Waals surface area contributed by atoms with Crippen LogP contribution in [0.2, 0.25) is 0 Å². The molecule has 0 aliphatic rings. The molecular weight excluding hydrogens is 265 g/mol. The third-order valence-corrected chi connectivity index (χ3v) is 3.62. The molecule has 21 heavy (non-hydrogen) atoms. The number of rotatable bonds is 6. The number of ether oxygens (including phenoxy) is 1. The SMILES string of the molecule is COC(C)(C)CNC(c1ccccc1)c1ccc(F)cc1. The van der Waals surface area contributed by atoms with Crippen molar-refractivity contribution in [1.29, 1.82) is 0 Å². The van der Waals surface area contributed by atoms with Crippen molar-refractivity contribution in [3.8, 4) is 0 Å². The summed E-state index contributed by atoms with van der Waals surface area (Å²) in [6, 6.07) is 16.8. The van der Waals surface area contributed by atoms with Crippen LogP contribution in [0.5, 0.6) is 0 Å². The summed E-state index contributed by atoms with van der Waals surface area (Å²) in [5.74, 6) is -0.220. The Labute approximate surface area is 126 Å². The maximum atomic E-state index is 13.1. The zero-order valence-electron chi connectivity index (χ0n) is 12.8. The number of nitrogens with one attached hydrogen (secondary N) is 1. The molecule has 0 saturated carbocycles. The first-order valence-corrected chi connectivity index (χ1v) is 7.11. The lowest BCUT2D eigenvalue weighted by molar-refractivity contribution is 0.0219. The average Bonchev–Trinajstić information content (AvgIpc) is 2.50. The molecule has 1 unspecified atom stereocenters. The second-order valence-corrected chi connectivity index (χ2v) is 5.74. The van der Waals surface area contributed by atoms with Gasteiger partial charge in [-0.2, -0.15) is 0 Å². The highest BCUT2D eigenvalue weighted by atomic mass is 19.1. The normalized spacial score (nSPS) is 13.1. The molecule has 1 atom stereocenters. The lowest BCUT2D eigenvalue weighted by atomic mass is 9.97. The first kappa shape index (κ1) is 15.7. The Hall–Kier alpha value is -1.71. The van der Waals surface area contributed by atoms with E-state index in [0.29, 0.717) is 6.54 Å². The molecule has 0 amide bonds. The van der Waals surface area contributed by atoms with Crippen LogP contribution in [0, 0.1) is 5.82 Å². The molecule has 112 valence electrons. The van der Waals surface area contributed by atoms with Crippen molar-refractivity contribution in [3.63, 3.8) is 0 Å². The highest BCUT2D eigenvalue weighted by molar-refractivity contribution is 5.31. The van der Waals surface area contributed by atoms with Crippen LogP contribution >= 0.6 is 0 Å². The molecule has 0 radical (unpaired) electrons. The van der Waals surface area contributed by atoms with Crippen molar-refractivity contribution in [2.45, 2.75) is 25.5 Å². The summed E-state index contributed by atoms with van der Waals surface area (Å²) in [5.41, 5.74) is 1.93. The van der Waals surface area contributed by atoms with Crippen molar-refractivity contribution < 1.29 is 9.13 Å². The number of hydrogen-bond donors (Lipinski definition) is 1. The molecule has 0 heterocycles.